The van der Waals surface area contributed by atoms with Gasteiger partial charge in [0, 0.05) is 41.0 Å². The molecule has 244 valence electrons. The van der Waals surface area contributed by atoms with E-state index in [1.807, 2.05) is 37.4 Å². The number of amides is 2. The molecular weight excluding hydrogens is 596 g/mol. The molecule has 11 nitrogen and oxygen atoms in total. The van der Waals surface area contributed by atoms with Crippen molar-refractivity contribution in [3.05, 3.63) is 113 Å². The summed E-state index contributed by atoms with van der Waals surface area (Å²) in [5.74, 6) is -1.12. The molecule has 4 aromatic rings. The molecule has 6 N–H and O–H groups in total. The highest BCUT2D eigenvalue weighted by Crippen LogP contribution is 2.31. The number of aromatic nitrogens is 1. The van der Waals surface area contributed by atoms with Gasteiger partial charge in [0.25, 0.3) is 11.8 Å². The highest BCUT2D eigenvalue weighted by Gasteiger charge is 2.24. The highest BCUT2D eigenvalue weighted by atomic mass is 16.5. The van der Waals surface area contributed by atoms with E-state index >= 15 is 0 Å². The predicted molar refractivity (Wildman–Crippen MR) is 182 cm³/mol. The molecule has 1 heterocycles. The Hall–Kier alpha value is -5.55. The lowest BCUT2D eigenvalue weighted by molar-refractivity contribution is 0.0473. The summed E-state index contributed by atoms with van der Waals surface area (Å²) in [6, 6.07) is 23.5. The fraction of sp³-hybridized carbons (Fsp3) is 0.250. The lowest BCUT2D eigenvalue weighted by Crippen LogP contribution is -2.42. The van der Waals surface area contributed by atoms with Crippen LogP contribution in [-0.4, -0.2) is 55.3 Å². The normalized spacial score (nSPS) is 11.4. The van der Waals surface area contributed by atoms with E-state index in [1.165, 1.54) is 13.2 Å². The van der Waals surface area contributed by atoms with Crippen LogP contribution in [0.15, 0.2) is 84.9 Å². The molecule has 0 saturated heterocycles. The molecule has 0 bridgehead atoms. The molecule has 0 aliphatic carbocycles. The summed E-state index contributed by atoms with van der Waals surface area (Å²) in [7, 11) is 3.26. The highest BCUT2D eigenvalue weighted by molar-refractivity contribution is 6.10. The predicted octanol–water partition coefficient (Wildman–Crippen LogP) is 5.01. The molecule has 0 spiro atoms. The average molecular weight is 637 g/mol. The van der Waals surface area contributed by atoms with Crippen LogP contribution in [-0.2, 0) is 11.3 Å². The van der Waals surface area contributed by atoms with Gasteiger partial charge in [0.05, 0.1) is 12.7 Å². The second-order valence-corrected chi connectivity index (χ2v) is 11.4. The van der Waals surface area contributed by atoms with Crippen molar-refractivity contribution >= 4 is 29.3 Å². The number of nitrogen functional groups attached to an aromatic ring is 1. The van der Waals surface area contributed by atoms with E-state index in [0.29, 0.717) is 34.8 Å². The molecular formula is C36H40N6O5. The lowest BCUT2D eigenvalue weighted by atomic mass is 9.95. The van der Waals surface area contributed by atoms with E-state index in [1.54, 1.807) is 48.5 Å². The van der Waals surface area contributed by atoms with Crippen molar-refractivity contribution in [3.8, 4) is 17.0 Å². The van der Waals surface area contributed by atoms with Crippen LogP contribution < -0.4 is 26.4 Å². The number of rotatable bonds is 14. The standard InChI is InChI=1S/C36H40N6O5/c1-22(2)18-27(20-39-3)41-34(43)25-12-15-28(30(19-25)36(45)47-21-23-8-6-5-7-9-23)29-16-17-31(46-4)42-32(29)35(44)40-26-13-10-24(11-14-26)33(37)38/h5-17,19,22,27,39H,18,20-21H2,1-4H3,(H3,37,38)(H,40,44)(H,41,43)/t27-/m0/s1. The SMILES string of the molecule is CNC[C@H](CC(C)C)NC(=O)c1ccc(-c2ccc(OC)nc2C(=O)Nc2ccc(C(=N)N)cc2)c(C(=O)OCc2ccccc2)c1. The molecule has 2 amide bonds. The Morgan fingerprint density at radius 3 is 2.21 bits per heavy atom. The largest absolute Gasteiger partial charge is 0.481 e. The zero-order valence-electron chi connectivity index (χ0n) is 26.9. The first kappa shape index (κ1) is 34.3. The molecule has 0 unspecified atom stereocenters. The van der Waals surface area contributed by atoms with Gasteiger partial charge in [-0.15, -0.1) is 0 Å². The van der Waals surface area contributed by atoms with E-state index in [4.69, 9.17) is 20.6 Å². The number of hydrogen-bond donors (Lipinski definition) is 5. The number of nitrogens with one attached hydrogen (secondary N) is 4. The molecule has 3 aromatic carbocycles. The van der Waals surface area contributed by atoms with E-state index < -0.39 is 11.9 Å². The number of nitrogens with zero attached hydrogens (tertiary/aromatic N) is 1. The number of hydrogen-bond acceptors (Lipinski definition) is 8. The average Bonchev–Trinajstić information content (AvgIpc) is 3.07. The van der Waals surface area contributed by atoms with Gasteiger partial charge in [0.2, 0.25) is 5.88 Å². The molecule has 0 aliphatic rings. The second kappa shape index (κ2) is 16.1. The van der Waals surface area contributed by atoms with E-state index in [9.17, 15) is 14.4 Å². The maximum atomic E-state index is 13.7. The Morgan fingerprint density at radius 1 is 0.894 bits per heavy atom. The molecule has 1 atom stereocenters. The number of carbonyl (C=O) groups excluding carboxylic acids is 3. The van der Waals surface area contributed by atoms with Crippen LogP contribution in [0.4, 0.5) is 5.69 Å². The number of nitrogens with two attached hydrogens (primary N) is 1. The number of anilines is 1. The summed E-state index contributed by atoms with van der Waals surface area (Å²) in [6.07, 6.45) is 0.768. The van der Waals surface area contributed by atoms with Crippen LogP contribution in [0, 0.1) is 11.3 Å². The Balaban J connectivity index is 1.74. The maximum absolute atomic E-state index is 13.7. The quantitative estimate of drug-likeness (QED) is 0.0731. The van der Waals surface area contributed by atoms with Crippen molar-refractivity contribution in [1.82, 2.24) is 15.6 Å². The maximum Gasteiger partial charge on any atom is 0.339 e. The van der Waals surface area contributed by atoms with Crippen LogP contribution >= 0.6 is 0 Å². The lowest BCUT2D eigenvalue weighted by Gasteiger charge is -2.21. The number of likely N-dealkylation sites (N-methyl/N-ethyl adjacent to an activating group) is 1. The summed E-state index contributed by atoms with van der Waals surface area (Å²) in [5.41, 5.74) is 8.33. The first-order chi connectivity index (χ1) is 22.6. The van der Waals surface area contributed by atoms with Crippen LogP contribution in [0.25, 0.3) is 11.1 Å². The number of esters is 1. The minimum atomic E-state index is -0.672. The third kappa shape index (κ3) is 9.24. The van der Waals surface area contributed by atoms with Gasteiger partial charge in [-0.2, -0.15) is 0 Å². The molecule has 0 aliphatic heterocycles. The minimum Gasteiger partial charge on any atom is -0.481 e. The second-order valence-electron chi connectivity index (χ2n) is 11.4. The van der Waals surface area contributed by atoms with Crippen LogP contribution in [0.1, 0.15) is 62.6 Å². The van der Waals surface area contributed by atoms with Gasteiger partial charge in [-0.1, -0.05) is 50.2 Å². The van der Waals surface area contributed by atoms with Crippen LogP contribution in [0.3, 0.4) is 0 Å². The first-order valence-corrected chi connectivity index (χ1v) is 15.2. The van der Waals surface area contributed by atoms with E-state index in [2.05, 4.69) is 34.8 Å². The zero-order chi connectivity index (χ0) is 33.9. The molecule has 47 heavy (non-hydrogen) atoms. The number of methoxy groups -OCH3 is 1. The van der Waals surface area contributed by atoms with Crippen LogP contribution in [0.2, 0.25) is 0 Å². The molecule has 0 fully saturated rings. The minimum absolute atomic E-state index is 0.0125. The molecule has 1 aromatic heterocycles. The Morgan fingerprint density at radius 2 is 1.57 bits per heavy atom. The molecule has 0 saturated carbocycles. The fourth-order valence-corrected chi connectivity index (χ4v) is 5.04. The molecule has 4 rings (SSSR count). The molecule has 11 heteroatoms. The number of amidine groups is 1. The van der Waals surface area contributed by atoms with Gasteiger partial charge < -0.3 is 31.2 Å². The third-order valence-corrected chi connectivity index (χ3v) is 7.29. The third-order valence-electron chi connectivity index (χ3n) is 7.29. The van der Waals surface area contributed by atoms with E-state index in [-0.39, 0.29) is 47.1 Å². The number of benzene rings is 3. The fourth-order valence-electron chi connectivity index (χ4n) is 5.04. The van der Waals surface area contributed by atoms with Crippen molar-refractivity contribution in [2.75, 3.05) is 26.0 Å². The topological polar surface area (TPSA) is 169 Å². The number of ether oxygens (including phenoxy) is 2. The monoisotopic (exact) mass is 636 g/mol. The van der Waals surface area contributed by atoms with Gasteiger partial charge in [0.1, 0.15) is 18.1 Å². The smallest absolute Gasteiger partial charge is 0.339 e. The van der Waals surface area contributed by atoms with Gasteiger partial charge in [-0.25, -0.2) is 9.78 Å². The van der Waals surface area contributed by atoms with E-state index in [0.717, 1.165) is 12.0 Å². The summed E-state index contributed by atoms with van der Waals surface area (Å²) >= 11 is 0. The Kier molecular flexibility index (Phi) is 11.8. The molecule has 0 radical (unpaired) electrons. The number of carbonyl (C=O) groups is 3. The van der Waals surface area contributed by atoms with Gasteiger partial charge in [-0.3, -0.25) is 15.0 Å². The van der Waals surface area contributed by atoms with Crippen molar-refractivity contribution in [2.24, 2.45) is 11.7 Å². The van der Waals surface area contributed by atoms with Crippen molar-refractivity contribution < 1.29 is 23.9 Å². The summed E-state index contributed by atoms with van der Waals surface area (Å²) in [5, 5.41) is 16.6. The van der Waals surface area contributed by atoms with Crippen molar-refractivity contribution in [1.29, 1.82) is 5.41 Å². The summed E-state index contributed by atoms with van der Waals surface area (Å²) in [6.45, 7) is 4.77. The van der Waals surface area contributed by atoms with Gasteiger partial charge in [0.15, 0.2) is 0 Å². The van der Waals surface area contributed by atoms with Gasteiger partial charge in [-0.05, 0) is 73.0 Å². The van der Waals surface area contributed by atoms with Crippen molar-refractivity contribution in [2.45, 2.75) is 32.9 Å². The summed E-state index contributed by atoms with van der Waals surface area (Å²) < 4.78 is 11.0. The first-order valence-electron chi connectivity index (χ1n) is 15.2. The zero-order valence-corrected chi connectivity index (χ0v) is 26.9. The van der Waals surface area contributed by atoms with Gasteiger partial charge >= 0.3 is 5.97 Å². The van der Waals surface area contributed by atoms with Crippen molar-refractivity contribution in [3.63, 3.8) is 0 Å². The Bertz CT molecular complexity index is 1720. The summed E-state index contributed by atoms with van der Waals surface area (Å²) in [4.78, 5) is 45.2. The van der Waals surface area contributed by atoms with Crippen LogP contribution in [0.5, 0.6) is 5.88 Å². The Labute approximate surface area is 274 Å². The number of pyridine rings is 1.